The Bertz CT molecular complexity index is 260. The topological polar surface area (TPSA) is 64.3 Å². The van der Waals surface area contributed by atoms with Crippen molar-refractivity contribution < 1.29 is 9.53 Å². The van der Waals surface area contributed by atoms with Crippen LogP contribution in [0.2, 0.25) is 0 Å². The van der Waals surface area contributed by atoms with Crippen LogP contribution < -0.4 is 11.1 Å². The number of nitrogens with two attached hydrogens (primary N) is 1. The monoisotopic (exact) mass is 230 g/mol. The molecule has 0 aliphatic carbocycles. The van der Waals surface area contributed by atoms with Crippen LogP contribution in [0.3, 0.4) is 0 Å². The molecule has 0 spiro atoms. The van der Waals surface area contributed by atoms with Crippen LogP contribution in [0.5, 0.6) is 0 Å². The summed E-state index contributed by atoms with van der Waals surface area (Å²) in [7, 11) is 0. The Morgan fingerprint density at radius 2 is 2.27 bits per heavy atom. The molecule has 1 rings (SSSR count). The highest BCUT2D eigenvalue weighted by Gasteiger charge is 2.32. The Morgan fingerprint density at radius 3 is 2.73 bits per heavy atom. The number of thiocarbonyl (C=S) groups is 1. The molecule has 4 nitrogen and oxygen atoms in total. The van der Waals surface area contributed by atoms with Crippen LogP contribution >= 0.6 is 12.2 Å². The Hall–Kier alpha value is -0.680. The minimum Gasteiger partial charge on any atom is -0.392 e. The van der Waals surface area contributed by atoms with Gasteiger partial charge in [-0.25, -0.2) is 0 Å². The fraction of sp³-hybridized carbons (Fsp3) is 0.800. The standard InChI is InChI=1S/C10H18N2O2S/c1-10(2,8(11)15)9(13)12-7-4-3-5-14-6-7/h7H,3-6H2,1-2H3,(H2,11,15)(H,12,13). The second-order valence-electron chi connectivity index (χ2n) is 4.38. The van der Waals surface area contributed by atoms with E-state index >= 15 is 0 Å². The third-order valence-electron chi connectivity index (χ3n) is 2.68. The van der Waals surface area contributed by atoms with Crippen molar-refractivity contribution >= 4 is 23.1 Å². The Morgan fingerprint density at radius 1 is 1.60 bits per heavy atom. The van der Waals surface area contributed by atoms with Crippen molar-refractivity contribution in [2.24, 2.45) is 11.1 Å². The van der Waals surface area contributed by atoms with E-state index in [-0.39, 0.29) is 16.9 Å². The third-order valence-corrected chi connectivity index (χ3v) is 3.19. The van der Waals surface area contributed by atoms with Gasteiger partial charge in [0.2, 0.25) is 5.91 Å². The summed E-state index contributed by atoms with van der Waals surface area (Å²) < 4.78 is 5.28. The smallest absolute Gasteiger partial charge is 0.232 e. The fourth-order valence-electron chi connectivity index (χ4n) is 1.33. The number of carbonyl (C=O) groups is 1. The van der Waals surface area contributed by atoms with Crippen molar-refractivity contribution in [1.82, 2.24) is 5.32 Å². The molecule has 3 N–H and O–H groups in total. The van der Waals surface area contributed by atoms with Gasteiger partial charge in [-0.15, -0.1) is 0 Å². The Labute approximate surface area is 95.5 Å². The minimum atomic E-state index is -0.785. The number of amides is 1. The first kappa shape index (κ1) is 12.4. The molecule has 15 heavy (non-hydrogen) atoms. The van der Waals surface area contributed by atoms with Gasteiger partial charge in [-0.2, -0.15) is 0 Å². The van der Waals surface area contributed by atoms with Crippen molar-refractivity contribution in [1.29, 1.82) is 0 Å². The molecule has 1 aliphatic rings. The molecule has 1 unspecified atom stereocenters. The van der Waals surface area contributed by atoms with Crippen molar-refractivity contribution in [3.63, 3.8) is 0 Å². The van der Waals surface area contributed by atoms with E-state index in [9.17, 15) is 4.79 Å². The summed E-state index contributed by atoms with van der Waals surface area (Å²) in [6.45, 7) is 4.83. The van der Waals surface area contributed by atoms with Gasteiger partial charge in [-0.05, 0) is 26.7 Å². The predicted molar refractivity (Wildman–Crippen MR) is 62.6 cm³/mol. The molecule has 1 aliphatic heterocycles. The lowest BCUT2D eigenvalue weighted by molar-refractivity contribution is -0.127. The molecule has 86 valence electrons. The van der Waals surface area contributed by atoms with Gasteiger partial charge in [-0.3, -0.25) is 4.79 Å². The highest BCUT2D eigenvalue weighted by Crippen LogP contribution is 2.17. The second-order valence-corrected chi connectivity index (χ2v) is 4.82. The van der Waals surface area contributed by atoms with Crippen LogP contribution in [-0.4, -0.2) is 30.2 Å². The first-order valence-electron chi connectivity index (χ1n) is 5.13. The van der Waals surface area contributed by atoms with Gasteiger partial charge in [0, 0.05) is 6.61 Å². The minimum absolute atomic E-state index is 0.0971. The van der Waals surface area contributed by atoms with Crippen LogP contribution in [0.15, 0.2) is 0 Å². The SMILES string of the molecule is CC(C)(C(=O)NC1CCCOC1)C(N)=S. The van der Waals surface area contributed by atoms with Gasteiger partial charge >= 0.3 is 0 Å². The maximum Gasteiger partial charge on any atom is 0.232 e. The maximum atomic E-state index is 11.8. The summed E-state index contributed by atoms with van der Waals surface area (Å²) in [6, 6.07) is 0.0971. The molecule has 1 atom stereocenters. The van der Waals surface area contributed by atoms with E-state index in [0.29, 0.717) is 6.61 Å². The van der Waals surface area contributed by atoms with Crippen LogP contribution in [0.25, 0.3) is 0 Å². The number of rotatable bonds is 3. The summed E-state index contributed by atoms with van der Waals surface area (Å²) in [5, 5.41) is 2.91. The molecule has 0 aromatic rings. The number of carbonyl (C=O) groups excluding carboxylic acids is 1. The van der Waals surface area contributed by atoms with E-state index in [4.69, 9.17) is 22.7 Å². The molecule has 1 heterocycles. The molecule has 1 amide bonds. The Kier molecular flexibility index (Phi) is 4.04. The lowest BCUT2D eigenvalue weighted by Crippen LogP contribution is -2.50. The molecule has 1 saturated heterocycles. The highest BCUT2D eigenvalue weighted by atomic mass is 32.1. The molecular formula is C10H18N2O2S. The van der Waals surface area contributed by atoms with E-state index in [2.05, 4.69) is 5.32 Å². The average Bonchev–Trinajstić information content (AvgIpc) is 2.18. The number of hydrogen-bond acceptors (Lipinski definition) is 3. The van der Waals surface area contributed by atoms with E-state index in [0.717, 1.165) is 19.4 Å². The zero-order valence-electron chi connectivity index (χ0n) is 9.21. The van der Waals surface area contributed by atoms with Crippen LogP contribution in [-0.2, 0) is 9.53 Å². The van der Waals surface area contributed by atoms with E-state index in [1.807, 2.05) is 0 Å². The largest absolute Gasteiger partial charge is 0.392 e. The van der Waals surface area contributed by atoms with Gasteiger partial charge in [0.15, 0.2) is 0 Å². The maximum absolute atomic E-state index is 11.8. The summed E-state index contributed by atoms with van der Waals surface area (Å²) in [5.41, 5.74) is 4.73. The number of nitrogens with one attached hydrogen (secondary N) is 1. The quantitative estimate of drug-likeness (QED) is 0.697. The van der Waals surface area contributed by atoms with Crippen molar-refractivity contribution in [3.8, 4) is 0 Å². The molecule has 0 aromatic carbocycles. The summed E-state index contributed by atoms with van der Waals surface area (Å²) in [6.07, 6.45) is 1.94. The molecule has 0 saturated carbocycles. The van der Waals surface area contributed by atoms with Crippen molar-refractivity contribution in [3.05, 3.63) is 0 Å². The van der Waals surface area contributed by atoms with Gasteiger partial charge in [0.05, 0.1) is 23.1 Å². The van der Waals surface area contributed by atoms with Gasteiger partial charge < -0.3 is 15.8 Å². The normalized spacial score (nSPS) is 22.1. The zero-order valence-corrected chi connectivity index (χ0v) is 10.0. The fourth-order valence-corrected chi connectivity index (χ4v) is 1.42. The van der Waals surface area contributed by atoms with Gasteiger partial charge in [0.25, 0.3) is 0 Å². The van der Waals surface area contributed by atoms with Crippen molar-refractivity contribution in [2.75, 3.05) is 13.2 Å². The summed E-state index contributed by atoms with van der Waals surface area (Å²) >= 11 is 4.86. The van der Waals surface area contributed by atoms with E-state index in [1.54, 1.807) is 13.8 Å². The molecule has 0 aromatic heterocycles. The number of hydrogen-bond donors (Lipinski definition) is 2. The first-order chi connectivity index (χ1) is 6.94. The average molecular weight is 230 g/mol. The number of ether oxygens (including phenoxy) is 1. The predicted octanol–water partition coefficient (Wildman–Crippen LogP) is 0.594. The van der Waals surface area contributed by atoms with Crippen LogP contribution in [0.4, 0.5) is 0 Å². The summed E-state index contributed by atoms with van der Waals surface area (Å²) in [4.78, 5) is 12.1. The van der Waals surface area contributed by atoms with E-state index < -0.39 is 5.41 Å². The lowest BCUT2D eigenvalue weighted by Gasteiger charge is -2.28. The van der Waals surface area contributed by atoms with Gasteiger partial charge in [0.1, 0.15) is 0 Å². The van der Waals surface area contributed by atoms with Crippen molar-refractivity contribution in [2.45, 2.75) is 32.7 Å². The Balaban J connectivity index is 2.50. The molecular weight excluding hydrogens is 212 g/mol. The van der Waals surface area contributed by atoms with Crippen LogP contribution in [0, 0.1) is 5.41 Å². The van der Waals surface area contributed by atoms with Crippen LogP contribution in [0.1, 0.15) is 26.7 Å². The van der Waals surface area contributed by atoms with Gasteiger partial charge in [-0.1, -0.05) is 12.2 Å². The lowest BCUT2D eigenvalue weighted by atomic mass is 9.91. The van der Waals surface area contributed by atoms with E-state index in [1.165, 1.54) is 0 Å². The summed E-state index contributed by atoms with van der Waals surface area (Å²) in [5.74, 6) is -0.120. The highest BCUT2D eigenvalue weighted by molar-refractivity contribution is 7.80. The second kappa shape index (κ2) is 4.90. The molecule has 0 bridgehead atoms. The first-order valence-corrected chi connectivity index (χ1v) is 5.54. The molecule has 1 fully saturated rings. The molecule has 5 heteroatoms. The molecule has 0 radical (unpaired) electrons. The zero-order chi connectivity index (χ0) is 11.5. The third kappa shape index (κ3) is 3.14.